The van der Waals surface area contributed by atoms with Gasteiger partial charge in [0.25, 0.3) is 5.91 Å². The molecule has 0 heterocycles. The molecule has 0 aliphatic heterocycles. The van der Waals surface area contributed by atoms with Crippen LogP contribution in [-0.4, -0.2) is 25.6 Å². The molecule has 0 fully saturated rings. The lowest BCUT2D eigenvalue weighted by molar-refractivity contribution is 0.102. The van der Waals surface area contributed by atoms with E-state index in [4.69, 9.17) is 4.74 Å². The van der Waals surface area contributed by atoms with E-state index < -0.39 is 0 Å². The predicted molar refractivity (Wildman–Crippen MR) is 98.8 cm³/mol. The van der Waals surface area contributed by atoms with Gasteiger partial charge in [-0.25, -0.2) is 0 Å². The second-order valence-corrected chi connectivity index (χ2v) is 5.94. The third-order valence-corrected chi connectivity index (χ3v) is 3.82. The molecule has 2 aromatic rings. The molecular formula is C20H26N2O2. The van der Waals surface area contributed by atoms with Gasteiger partial charge < -0.3 is 15.4 Å². The molecular weight excluding hydrogens is 300 g/mol. The van der Waals surface area contributed by atoms with Crippen molar-refractivity contribution in [1.29, 1.82) is 0 Å². The first-order valence-electron chi connectivity index (χ1n) is 8.40. The number of amides is 1. The lowest BCUT2D eigenvalue weighted by atomic mass is 10.1. The van der Waals surface area contributed by atoms with E-state index in [0.29, 0.717) is 11.6 Å². The third kappa shape index (κ3) is 5.39. The van der Waals surface area contributed by atoms with E-state index in [9.17, 15) is 4.79 Å². The fraction of sp³-hybridized carbons (Fsp3) is 0.350. The maximum absolute atomic E-state index is 12.3. The Morgan fingerprint density at radius 3 is 2.58 bits per heavy atom. The Bertz CT molecular complexity index is 653. The molecule has 0 spiro atoms. The van der Waals surface area contributed by atoms with Crippen LogP contribution in [0.1, 0.15) is 36.2 Å². The Morgan fingerprint density at radius 2 is 1.92 bits per heavy atom. The van der Waals surface area contributed by atoms with Crippen LogP contribution in [-0.2, 0) is 6.42 Å². The van der Waals surface area contributed by atoms with Gasteiger partial charge in [-0.1, -0.05) is 19.1 Å². The molecule has 2 aromatic carbocycles. The summed E-state index contributed by atoms with van der Waals surface area (Å²) in [5.41, 5.74) is 2.63. The number of methoxy groups -OCH3 is 1. The summed E-state index contributed by atoms with van der Waals surface area (Å²) in [5, 5.41) is 6.43. The van der Waals surface area contributed by atoms with Crippen molar-refractivity contribution in [3.05, 3.63) is 59.7 Å². The van der Waals surface area contributed by atoms with Crippen LogP contribution in [0.5, 0.6) is 5.75 Å². The van der Waals surface area contributed by atoms with Gasteiger partial charge in [-0.2, -0.15) is 0 Å². The van der Waals surface area contributed by atoms with Gasteiger partial charge in [-0.3, -0.25) is 4.79 Å². The Morgan fingerprint density at radius 1 is 1.17 bits per heavy atom. The SMILES string of the molecule is CCCN[C@H](C)Cc1cccc(NC(=O)c2ccc(OC)cc2)c1. The monoisotopic (exact) mass is 326 g/mol. The molecule has 4 nitrogen and oxygen atoms in total. The third-order valence-electron chi connectivity index (χ3n) is 3.82. The normalized spacial score (nSPS) is 11.8. The van der Waals surface area contributed by atoms with Crippen molar-refractivity contribution in [3.8, 4) is 5.75 Å². The number of hydrogen-bond acceptors (Lipinski definition) is 3. The average molecular weight is 326 g/mol. The van der Waals surface area contributed by atoms with Gasteiger partial charge >= 0.3 is 0 Å². The molecule has 0 aromatic heterocycles. The van der Waals surface area contributed by atoms with Crippen molar-refractivity contribution in [3.63, 3.8) is 0 Å². The molecule has 0 radical (unpaired) electrons. The highest BCUT2D eigenvalue weighted by Gasteiger charge is 2.08. The minimum atomic E-state index is -0.119. The fourth-order valence-corrected chi connectivity index (χ4v) is 2.54. The van der Waals surface area contributed by atoms with Gasteiger partial charge in [0, 0.05) is 17.3 Å². The zero-order chi connectivity index (χ0) is 17.4. The molecule has 2 rings (SSSR count). The van der Waals surface area contributed by atoms with Crippen LogP contribution in [0.2, 0.25) is 0 Å². The van der Waals surface area contributed by atoms with E-state index in [0.717, 1.165) is 30.8 Å². The summed E-state index contributed by atoms with van der Waals surface area (Å²) in [7, 11) is 1.61. The molecule has 128 valence electrons. The van der Waals surface area contributed by atoms with Gasteiger partial charge in [-0.05, 0) is 68.3 Å². The van der Waals surface area contributed by atoms with Crippen molar-refractivity contribution < 1.29 is 9.53 Å². The lowest BCUT2D eigenvalue weighted by Crippen LogP contribution is -2.28. The second kappa shape index (κ2) is 9.08. The van der Waals surface area contributed by atoms with Crippen LogP contribution in [0, 0.1) is 0 Å². The highest BCUT2D eigenvalue weighted by molar-refractivity contribution is 6.04. The minimum Gasteiger partial charge on any atom is -0.497 e. The first-order valence-corrected chi connectivity index (χ1v) is 8.40. The summed E-state index contributed by atoms with van der Waals surface area (Å²) < 4.78 is 5.11. The van der Waals surface area contributed by atoms with E-state index >= 15 is 0 Å². The molecule has 1 amide bonds. The zero-order valence-electron chi connectivity index (χ0n) is 14.6. The molecule has 0 unspecified atom stereocenters. The summed E-state index contributed by atoms with van der Waals surface area (Å²) in [6, 6.07) is 15.5. The fourth-order valence-electron chi connectivity index (χ4n) is 2.54. The molecule has 0 saturated heterocycles. The Labute approximate surface area is 144 Å². The van der Waals surface area contributed by atoms with Gasteiger partial charge in [0.15, 0.2) is 0 Å². The van der Waals surface area contributed by atoms with Crippen molar-refractivity contribution >= 4 is 11.6 Å². The molecule has 24 heavy (non-hydrogen) atoms. The maximum atomic E-state index is 12.3. The first-order chi connectivity index (χ1) is 11.6. The van der Waals surface area contributed by atoms with E-state index in [1.54, 1.807) is 31.4 Å². The summed E-state index contributed by atoms with van der Waals surface area (Å²) in [5.74, 6) is 0.620. The Hall–Kier alpha value is -2.33. The Balaban J connectivity index is 1.98. The number of hydrogen-bond donors (Lipinski definition) is 2. The van der Waals surface area contributed by atoms with Crippen LogP contribution >= 0.6 is 0 Å². The van der Waals surface area contributed by atoms with Crippen LogP contribution in [0.3, 0.4) is 0 Å². The molecule has 0 aliphatic rings. The van der Waals surface area contributed by atoms with Gasteiger partial charge in [0.1, 0.15) is 5.75 Å². The van der Waals surface area contributed by atoms with Crippen molar-refractivity contribution in [2.45, 2.75) is 32.7 Å². The average Bonchev–Trinajstić information content (AvgIpc) is 2.60. The molecule has 0 saturated carbocycles. The molecule has 2 N–H and O–H groups in total. The van der Waals surface area contributed by atoms with Gasteiger partial charge in [0.05, 0.1) is 7.11 Å². The largest absolute Gasteiger partial charge is 0.497 e. The first kappa shape index (κ1) is 18.0. The quantitative estimate of drug-likeness (QED) is 0.774. The lowest BCUT2D eigenvalue weighted by Gasteiger charge is -2.14. The Kier molecular flexibility index (Phi) is 6.82. The van der Waals surface area contributed by atoms with Crippen LogP contribution in [0.15, 0.2) is 48.5 Å². The minimum absolute atomic E-state index is 0.119. The molecule has 1 atom stereocenters. The number of rotatable bonds is 8. The summed E-state index contributed by atoms with van der Waals surface area (Å²) >= 11 is 0. The highest BCUT2D eigenvalue weighted by atomic mass is 16.5. The van der Waals surface area contributed by atoms with Crippen molar-refractivity contribution in [2.24, 2.45) is 0 Å². The number of nitrogens with one attached hydrogen (secondary N) is 2. The van der Waals surface area contributed by atoms with E-state index in [-0.39, 0.29) is 5.91 Å². The highest BCUT2D eigenvalue weighted by Crippen LogP contribution is 2.16. The predicted octanol–water partition coefficient (Wildman–Crippen LogP) is 3.88. The van der Waals surface area contributed by atoms with Gasteiger partial charge in [-0.15, -0.1) is 0 Å². The van der Waals surface area contributed by atoms with E-state index in [1.165, 1.54) is 5.56 Å². The topological polar surface area (TPSA) is 50.4 Å². The molecule has 4 heteroatoms. The summed E-state index contributed by atoms with van der Waals surface area (Å²) in [6.45, 7) is 5.36. The summed E-state index contributed by atoms with van der Waals surface area (Å²) in [6.07, 6.45) is 2.06. The second-order valence-electron chi connectivity index (χ2n) is 5.94. The van der Waals surface area contributed by atoms with E-state index in [1.807, 2.05) is 18.2 Å². The van der Waals surface area contributed by atoms with Crippen LogP contribution in [0.25, 0.3) is 0 Å². The van der Waals surface area contributed by atoms with Crippen molar-refractivity contribution in [1.82, 2.24) is 5.32 Å². The maximum Gasteiger partial charge on any atom is 0.255 e. The number of carbonyl (C=O) groups is 1. The standard InChI is InChI=1S/C20H26N2O2/c1-4-12-21-15(2)13-16-6-5-7-18(14-16)22-20(23)17-8-10-19(24-3)11-9-17/h5-11,14-15,21H,4,12-13H2,1-3H3,(H,22,23)/t15-/m1/s1. The smallest absolute Gasteiger partial charge is 0.255 e. The summed E-state index contributed by atoms with van der Waals surface area (Å²) in [4.78, 5) is 12.3. The molecule has 0 bridgehead atoms. The number of ether oxygens (including phenoxy) is 1. The van der Waals surface area contributed by atoms with Gasteiger partial charge in [0.2, 0.25) is 0 Å². The van der Waals surface area contributed by atoms with Crippen LogP contribution < -0.4 is 15.4 Å². The van der Waals surface area contributed by atoms with Crippen LogP contribution in [0.4, 0.5) is 5.69 Å². The van der Waals surface area contributed by atoms with Crippen molar-refractivity contribution in [2.75, 3.05) is 19.0 Å². The number of anilines is 1. The van der Waals surface area contributed by atoms with E-state index in [2.05, 4.69) is 30.5 Å². The number of carbonyl (C=O) groups excluding carboxylic acids is 1. The number of benzene rings is 2. The molecule has 0 aliphatic carbocycles. The zero-order valence-corrected chi connectivity index (χ0v) is 14.6.